The SMILES string of the molecule is CCNC(C(=O)O)c1cccc(OCc2ccccc2)c1. The number of rotatable bonds is 7. The molecule has 1 atom stereocenters. The van der Waals surface area contributed by atoms with Gasteiger partial charge in [-0.25, -0.2) is 0 Å². The zero-order valence-electron chi connectivity index (χ0n) is 12.0. The summed E-state index contributed by atoms with van der Waals surface area (Å²) in [5, 5.41) is 12.2. The van der Waals surface area contributed by atoms with Gasteiger partial charge in [0.25, 0.3) is 0 Å². The zero-order chi connectivity index (χ0) is 15.1. The van der Waals surface area contributed by atoms with E-state index in [0.29, 0.717) is 24.5 Å². The number of likely N-dealkylation sites (N-methyl/N-ethyl adjacent to an activating group) is 1. The fraction of sp³-hybridized carbons (Fsp3) is 0.235. The van der Waals surface area contributed by atoms with Crippen molar-refractivity contribution in [2.24, 2.45) is 0 Å². The van der Waals surface area contributed by atoms with Gasteiger partial charge in [0.1, 0.15) is 18.4 Å². The van der Waals surface area contributed by atoms with Crippen LogP contribution in [0.4, 0.5) is 0 Å². The first-order chi connectivity index (χ1) is 10.2. The first kappa shape index (κ1) is 15.1. The van der Waals surface area contributed by atoms with Gasteiger partial charge in [0.2, 0.25) is 0 Å². The smallest absolute Gasteiger partial charge is 0.325 e. The van der Waals surface area contributed by atoms with E-state index >= 15 is 0 Å². The van der Waals surface area contributed by atoms with Crippen LogP contribution in [0.1, 0.15) is 24.1 Å². The number of carbonyl (C=O) groups is 1. The normalized spacial score (nSPS) is 11.9. The molecule has 1 unspecified atom stereocenters. The minimum absolute atomic E-state index is 0.462. The van der Waals surface area contributed by atoms with Crippen LogP contribution in [0.15, 0.2) is 54.6 Å². The number of hydrogen-bond acceptors (Lipinski definition) is 3. The van der Waals surface area contributed by atoms with Crippen LogP contribution in [0.5, 0.6) is 5.75 Å². The Bertz CT molecular complexity index is 584. The van der Waals surface area contributed by atoms with Gasteiger partial charge in [-0.1, -0.05) is 49.4 Å². The van der Waals surface area contributed by atoms with Gasteiger partial charge in [0, 0.05) is 0 Å². The minimum Gasteiger partial charge on any atom is -0.489 e. The molecule has 0 radical (unpaired) electrons. The molecule has 4 nitrogen and oxygen atoms in total. The van der Waals surface area contributed by atoms with Gasteiger partial charge >= 0.3 is 5.97 Å². The molecule has 2 aromatic carbocycles. The Morgan fingerprint density at radius 1 is 1.19 bits per heavy atom. The van der Waals surface area contributed by atoms with E-state index in [1.165, 1.54) is 0 Å². The molecule has 2 N–H and O–H groups in total. The monoisotopic (exact) mass is 285 g/mol. The lowest BCUT2D eigenvalue weighted by atomic mass is 10.1. The summed E-state index contributed by atoms with van der Waals surface area (Å²) in [5.74, 6) is -0.224. The third-order valence-corrected chi connectivity index (χ3v) is 3.09. The van der Waals surface area contributed by atoms with E-state index in [-0.39, 0.29) is 0 Å². The Kier molecular flexibility index (Phi) is 5.35. The predicted molar refractivity (Wildman–Crippen MR) is 81.3 cm³/mol. The van der Waals surface area contributed by atoms with Crippen LogP contribution in [-0.4, -0.2) is 17.6 Å². The van der Waals surface area contributed by atoms with Gasteiger partial charge in [0.15, 0.2) is 0 Å². The fourth-order valence-corrected chi connectivity index (χ4v) is 2.08. The average Bonchev–Trinajstić information content (AvgIpc) is 2.51. The van der Waals surface area contributed by atoms with Crippen molar-refractivity contribution in [2.45, 2.75) is 19.6 Å². The van der Waals surface area contributed by atoms with Crippen LogP contribution in [0, 0.1) is 0 Å². The highest BCUT2D eigenvalue weighted by atomic mass is 16.5. The van der Waals surface area contributed by atoms with Crippen LogP contribution < -0.4 is 10.1 Å². The highest BCUT2D eigenvalue weighted by Crippen LogP contribution is 2.20. The molecule has 0 spiro atoms. The second kappa shape index (κ2) is 7.45. The molecule has 2 rings (SSSR count). The Hall–Kier alpha value is -2.33. The molecule has 0 saturated carbocycles. The van der Waals surface area contributed by atoms with Crippen molar-refractivity contribution in [1.82, 2.24) is 5.32 Å². The first-order valence-electron chi connectivity index (χ1n) is 6.93. The average molecular weight is 285 g/mol. The molecule has 0 heterocycles. The molecule has 0 amide bonds. The molecule has 0 saturated heterocycles. The van der Waals surface area contributed by atoms with Crippen molar-refractivity contribution in [2.75, 3.05) is 6.54 Å². The molecule has 0 aliphatic heterocycles. The summed E-state index contributed by atoms with van der Waals surface area (Å²) in [6.07, 6.45) is 0. The number of aliphatic carboxylic acids is 1. The van der Waals surface area contributed by atoms with Crippen molar-refractivity contribution < 1.29 is 14.6 Å². The van der Waals surface area contributed by atoms with Gasteiger partial charge < -0.3 is 15.2 Å². The maximum absolute atomic E-state index is 11.3. The number of nitrogens with one attached hydrogen (secondary N) is 1. The zero-order valence-corrected chi connectivity index (χ0v) is 12.0. The van der Waals surface area contributed by atoms with E-state index in [4.69, 9.17) is 4.74 Å². The predicted octanol–water partition coefficient (Wildman–Crippen LogP) is 3.00. The summed E-state index contributed by atoms with van der Waals surface area (Å²) in [4.78, 5) is 11.3. The fourth-order valence-electron chi connectivity index (χ4n) is 2.08. The van der Waals surface area contributed by atoms with Crippen LogP contribution in [-0.2, 0) is 11.4 Å². The van der Waals surface area contributed by atoms with Crippen molar-refractivity contribution in [3.05, 3.63) is 65.7 Å². The molecule has 0 aromatic heterocycles. The van der Waals surface area contributed by atoms with E-state index < -0.39 is 12.0 Å². The van der Waals surface area contributed by atoms with Gasteiger partial charge in [0.05, 0.1) is 0 Å². The summed E-state index contributed by atoms with van der Waals surface area (Å²) in [7, 11) is 0. The van der Waals surface area contributed by atoms with Crippen molar-refractivity contribution in [1.29, 1.82) is 0 Å². The topological polar surface area (TPSA) is 58.6 Å². The summed E-state index contributed by atoms with van der Waals surface area (Å²) in [5.41, 5.74) is 1.76. The summed E-state index contributed by atoms with van der Waals surface area (Å²) >= 11 is 0. The molecule has 0 aliphatic rings. The quantitative estimate of drug-likeness (QED) is 0.821. The standard InChI is InChI=1S/C17H19NO3/c1-2-18-16(17(19)20)14-9-6-10-15(11-14)21-12-13-7-4-3-5-8-13/h3-11,16,18H,2,12H2,1H3,(H,19,20). The number of carboxylic acids is 1. The highest BCUT2D eigenvalue weighted by molar-refractivity contribution is 5.75. The van der Waals surface area contributed by atoms with Crippen LogP contribution in [0.25, 0.3) is 0 Å². The van der Waals surface area contributed by atoms with E-state index in [9.17, 15) is 9.90 Å². The lowest BCUT2D eigenvalue weighted by molar-refractivity contribution is -0.139. The third-order valence-electron chi connectivity index (χ3n) is 3.09. The second-order valence-corrected chi connectivity index (χ2v) is 4.68. The summed E-state index contributed by atoms with van der Waals surface area (Å²) in [6.45, 7) is 2.93. The van der Waals surface area contributed by atoms with E-state index in [2.05, 4.69) is 5.32 Å². The number of ether oxygens (including phenoxy) is 1. The van der Waals surface area contributed by atoms with Crippen LogP contribution >= 0.6 is 0 Å². The summed E-state index contributed by atoms with van der Waals surface area (Å²) in [6, 6.07) is 16.3. The van der Waals surface area contributed by atoms with Crippen molar-refractivity contribution in [3.63, 3.8) is 0 Å². The molecule has 4 heteroatoms. The van der Waals surface area contributed by atoms with Crippen molar-refractivity contribution in [3.8, 4) is 5.75 Å². The Morgan fingerprint density at radius 3 is 2.62 bits per heavy atom. The highest BCUT2D eigenvalue weighted by Gasteiger charge is 2.18. The Balaban J connectivity index is 2.08. The van der Waals surface area contributed by atoms with Gasteiger partial charge in [-0.05, 0) is 29.8 Å². The van der Waals surface area contributed by atoms with Crippen molar-refractivity contribution >= 4 is 5.97 Å². The number of carboxylic acid groups (broad SMARTS) is 1. The number of benzene rings is 2. The van der Waals surface area contributed by atoms with Gasteiger partial charge in [-0.2, -0.15) is 0 Å². The molecule has 21 heavy (non-hydrogen) atoms. The molecule has 110 valence electrons. The maximum Gasteiger partial charge on any atom is 0.325 e. The van der Waals surface area contributed by atoms with E-state index in [1.54, 1.807) is 12.1 Å². The van der Waals surface area contributed by atoms with Gasteiger partial charge in [-0.3, -0.25) is 4.79 Å². The van der Waals surface area contributed by atoms with Crippen LogP contribution in [0.3, 0.4) is 0 Å². The summed E-state index contributed by atoms with van der Waals surface area (Å²) < 4.78 is 5.72. The Labute approximate surface area is 124 Å². The molecule has 0 bridgehead atoms. The largest absolute Gasteiger partial charge is 0.489 e. The van der Waals surface area contributed by atoms with Crippen LogP contribution in [0.2, 0.25) is 0 Å². The lowest BCUT2D eigenvalue weighted by Crippen LogP contribution is -2.28. The lowest BCUT2D eigenvalue weighted by Gasteiger charge is -2.15. The molecule has 0 aliphatic carbocycles. The van der Waals surface area contributed by atoms with E-state index in [1.807, 2.05) is 49.4 Å². The second-order valence-electron chi connectivity index (χ2n) is 4.68. The Morgan fingerprint density at radius 2 is 1.95 bits per heavy atom. The minimum atomic E-state index is -0.892. The molecular formula is C17H19NO3. The molecule has 0 fully saturated rings. The first-order valence-corrected chi connectivity index (χ1v) is 6.93. The maximum atomic E-state index is 11.3. The molecular weight excluding hydrogens is 266 g/mol. The van der Waals surface area contributed by atoms with Gasteiger partial charge in [-0.15, -0.1) is 0 Å². The van der Waals surface area contributed by atoms with E-state index in [0.717, 1.165) is 5.56 Å². The molecule has 2 aromatic rings. The number of hydrogen-bond donors (Lipinski definition) is 2. The third kappa shape index (κ3) is 4.33.